The molecule has 1 saturated heterocycles. The molecule has 0 spiro atoms. The number of hydrogen-bond acceptors (Lipinski definition) is 2. The van der Waals surface area contributed by atoms with E-state index in [2.05, 4.69) is 31.2 Å². The zero-order valence-electron chi connectivity index (χ0n) is 11.8. The van der Waals surface area contributed by atoms with Gasteiger partial charge >= 0.3 is 0 Å². The number of aryl methyl sites for hydroxylation is 1. The molecule has 1 aliphatic heterocycles. The normalized spacial score (nSPS) is 22.1. The highest BCUT2D eigenvalue weighted by Gasteiger charge is 2.30. The minimum atomic E-state index is -3.12. The van der Waals surface area contributed by atoms with Crippen molar-refractivity contribution >= 4 is 10.0 Å². The van der Waals surface area contributed by atoms with E-state index in [0.717, 1.165) is 31.2 Å². The van der Waals surface area contributed by atoms with E-state index < -0.39 is 10.0 Å². The van der Waals surface area contributed by atoms with Crippen LogP contribution in [-0.4, -0.2) is 25.0 Å². The van der Waals surface area contributed by atoms with Crippen molar-refractivity contribution in [3.63, 3.8) is 0 Å². The van der Waals surface area contributed by atoms with Gasteiger partial charge < -0.3 is 0 Å². The van der Waals surface area contributed by atoms with Crippen LogP contribution >= 0.6 is 0 Å². The van der Waals surface area contributed by atoms with E-state index in [1.807, 2.05) is 0 Å². The van der Waals surface area contributed by atoms with Crippen molar-refractivity contribution < 1.29 is 8.42 Å². The van der Waals surface area contributed by atoms with Gasteiger partial charge in [0.15, 0.2) is 0 Å². The Balaban J connectivity index is 2.35. The second kappa shape index (κ2) is 6.06. The molecule has 4 heteroatoms. The van der Waals surface area contributed by atoms with Gasteiger partial charge in [-0.2, -0.15) is 4.31 Å². The van der Waals surface area contributed by atoms with Crippen molar-refractivity contribution in [2.24, 2.45) is 0 Å². The smallest absolute Gasteiger partial charge is 0.212 e. The Labute approximate surface area is 116 Å². The van der Waals surface area contributed by atoms with Crippen LogP contribution in [0.2, 0.25) is 0 Å². The molecule has 0 saturated carbocycles. The maximum absolute atomic E-state index is 12.3. The Bertz CT molecular complexity index is 507. The molecule has 3 nitrogen and oxygen atoms in total. The van der Waals surface area contributed by atoms with Crippen molar-refractivity contribution in [1.29, 1.82) is 0 Å². The molecule has 0 aliphatic carbocycles. The summed E-state index contributed by atoms with van der Waals surface area (Å²) in [4.78, 5) is 0. The van der Waals surface area contributed by atoms with Gasteiger partial charge in [-0.25, -0.2) is 8.42 Å². The molecule has 0 radical (unpaired) electrons. The highest BCUT2D eigenvalue weighted by molar-refractivity contribution is 7.89. The molecule has 1 aromatic rings. The molecule has 1 atom stereocenters. The minimum absolute atomic E-state index is 0.0213. The van der Waals surface area contributed by atoms with Gasteiger partial charge in [0.1, 0.15) is 0 Å². The number of hydrogen-bond donors (Lipinski definition) is 0. The first kappa shape index (κ1) is 14.5. The third-order valence-corrected chi connectivity index (χ3v) is 5.77. The van der Waals surface area contributed by atoms with Crippen molar-refractivity contribution in [3.8, 4) is 0 Å². The predicted molar refractivity (Wildman–Crippen MR) is 78.6 cm³/mol. The molecule has 0 bridgehead atoms. The fraction of sp³-hybridized carbons (Fsp3) is 0.600. The SMILES string of the molecule is CCS(=O)(=O)N1CCCCC[C@@H]1c1ccc(C)cc1. The molecular weight excluding hydrogens is 258 g/mol. The summed E-state index contributed by atoms with van der Waals surface area (Å²) in [7, 11) is -3.12. The van der Waals surface area contributed by atoms with E-state index >= 15 is 0 Å². The second-order valence-electron chi connectivity index (χ2n) is 5.29. The van der Waals surface area contributed by atoms with Crippen molar-refractivity contribution in [3.05, 3.63) is 35.4 Å². The summed E-state index contributed by atoms with van der Waals surface area (Å²) in [6.45, 7) is 4.44. The molecule has 0 unspecified atom stereocenters. The first-order valence-electron chi connectivity index (χ1n) is 7.10. The van der Waals surface area contributed by atoms with Crippen LogP contribution in [0.4, 0.5) is 0 Å². The summed E-state index contributed by atoms with van der Waals surface area (Å²) >= 11 is 0. The van der Waals surface area contributed by atoms with E-state index in [0.29, 0.717) is 6.54 Å². The third kappa shape index (κ3) is 3.37. The molecule has 0 amide bonds. The van der Waals surface area contributed by atoms with Crippen molar-refractivity contribution in [1.82, 2.24) is 4.31 Å². The van der Waals surface area contributed by atoms with Crippen molar-refractivity contribution in [2.75, 3.05) is 12.3 Å². The maximum Gasteiger partial charge on any atom is 0.214 e. The van der Waals surface area contributed by atoms with Crippen LogP contribution in [0.5, 0.6) is 0 Å². The number of nitrogens with zero attached hydrogens (tertiary/aromatic N) is 1. The van der Waals surface area contributed by atoms with E-state index in [1.54, 1.807) is 11.2 Å². The molecule has 0 aromatic heterocycles. The summed E-state index contributed by atoms with van der Waals surface area (Å²) in [6, 6.07) is 8.30. The average molecular weight is 281 g/mol. The fourth-order valence-electron chi connectivity index (χ4n) is 2.70. The summed E-state index contributed by atoms with van der Waals surface area (Å²) in [6.07, 6.45) is 4.14. The Morgan fingerprint density at radius 2 is 1.84 bits per heavy atom. The largest absolute Gasteiger partial charge is 0.214 e. The predicted octanol–water partition coefficient (Wildman–Crippen LogP) is 3.26. The Hall–Kier alpha value is -0.870. The van der Waals surface area contributed by atoms with E-state index in [-0.39, 0.29) is 11.8 Å². The van der Waals surface area contributed by atoms with Crippen LogP contribution in [0.1, 0.15) is 49.8 Å². The molecule has 106 valence electrons. The quantitative estimate of drug-likeness (QED) is 0.853. The van der Waals surface area contributed by atoms with Crippen LogP contribution in [0.25, 0.3) is 0 Å². The van der Waals surface area contributed by atoms with Crippen LogP contribution in [0.15, 0.2) is 24.3 Å². The van der Waals surface area contributed by atoms with Gasteiger partial charge in [0.25, 0.3) is 0 Å². The average Bonchev–Trinajstić information content (AvgIpc) is 2.66. The summed E-state index contributed by atoms with van der Waals surface area (Å²) in [5.41, 5.74) is 2.34. The van der Waals surface area contributed by atoms with Gasteiger partial charge in [0, 0.05) is 12.6 Å². The zero-order valence-corrected chi connectivity index (χ0v) is 12.6. The van der Waals surface area contributed by atoms with Crippen LogP contribution in [0.3, 0.4) is 0 Å². The van der Waals surface area contributed by atoms with Crippen LogP contribution in [-0.2, 0) is 10.0 Å². The lowest BCUT2D eigenvalue weighted by atomic mass is 10.0. The Morgan fingerprint density at radius 3 is 2.47 bits per heavy atom. The van der Waals surface area contributed by atoms with Gasteiger partial charge in [-0.15, -0.1) is 0 Å². The Kier molecular flexibility index (Phi) is 4.63. The molecule has 0 N–H and O–H groups in total. The number of benzene rings is 1. The van der Waals surface area contributed by atoms with Gasteiger partial charge in [0.05, 0.1) is 5.75 Å². The van der Waals surface area contributed by atoms with Crippen molar-refractivity contribution in [2.45, 2.75) is 45.6 Å². The lowest BCUT2D eigenvalue weighted by molar-refractivity contribution is 0.329. The van der Waals surface area contributed by atoms with Crippen LogP contribution < -0.4 is 0 Å². The second-order valence-corrected chi connectivity index (χ2v) is 7.50. The molecule has 1 aliphatic rings. The van der Waals surface area contributed by atoms with Gasteiger partial charge in [-0.1, -0.05) is 42.7 Å². The van der Waals surface area contributed by atoms with Gasteiger partial charge in [-0.3, -0.25) is 0 Å². The first-order chi connectivity index (χ1) is 9.04. The third-order valence-electron chi connectivity index (χ3n) is 3.89. The molecular formula is C15H23NO2S. The standard InChI is InChI=1S/C15H23NO2S/c1-3-19(17,18)16-12-6-4-5-7-15(16)14-10-8-13(2)9-11-14/h8-11,15H,3-7,12H2,1-2H3/t15-/m1/s1. The number of sulfonamides is 1. The summed E-state index contributed by atoms with van der Waals surface area (Å²) in [5, 5.41) is 0. The minimum Gasteiger partial charge on any atom is -0.212 e. The Morgan fingerprint density at radius 1 is 1.16 bits per heavy atom. The lowest BCUT2D eigenvalue weighted by Crippen LogP contribution is -2.35. The maximum atomic E-state index is 12.3. The summed E-state index contributed by atoms with van der Waals surface area (Å²) < 4.78 is 26.3. The van der Waals surface area contributed by atoms with E-state index in [9.17, 15) is 8.42 Å². The molecule has 1 aromatic carbocycles. The molecule has 2 rings (SSSR count). The topological polar surface area (TPSA) is 37.4 Å². The highest BCUT2D eigenvalue weighted by Crippen LogP contribution is 2.32. The van der Waals surface area contributed by atoms with Gasteiger partial charge in [0.2, 0.25) is 10.0 Å². The van der Waals surface area contributed by atoms with E-state index in [4.69, 9.17) is 0 Å². The molecule has 1 fully saturated rings. The summed E-state index contributed by atoms with van der Waals surface area (Å²) in [5.74, 6) is 0.190. The first-order valence-corrected chi connectivity index (χ1v) is 8.71. The fourth-order valence-corrected chi connectivity index (χ4v) is 4.06. The highest BCUT2D eigenvalue weighted by atomic mass is 32.2. The lowest BCUT2D eigenvalue weighted by Gasteiger charge is -2.29. The monoisotopic (exact) mass is 281 g/mol. The molecule has 1 heterocycles. The van der Waals surface area contributed by atoms with Crippen LogP contribution in [0, 0.1) is 6.92 Å². The zero-order chi connectivity index (χ0) is 13.9. The van der Waals surface area contributed by atoms with Gasteiger partial charge in [-0.05, 0) is 32.3 Å². The van der Waals surface area contributed by atoms with E-state index in [1.165, 1.54) is 5.56 Å². The number of rotatable bonds is 3. The molecule has 19 heavy (non-hydrogen) atoms.